The van der Waals surface area contributed by atoms with E-state index in [1.165, 1.54) is 0 Å². The van der Waals surface area contributed by atoms with Crippen molar-refractivity contribution in [3.05, 3.63) is 36.8 Å². The maximum atomic E-state index is 11.6. The van der Waals surface area contributed by atoms with Crippen molar-refractivity contribution in [2.45, 2.75) is 19.9 Å². The summed E-state index contributed by atoms with van der Waals surface area (Å²) in [7, 11) is 0. The second kappa shape index (κ2) is 6.15. The predicted octanol–water partition coefficient (Wildman–Crippen LogP) is 2.01. The minimum atomic E-state index is -0.0389. The monoisotopic (exact) mass is 258 g/mol. The minimum absolute atomic E-state index is 0.0389. The summed E-state index contributed by atoms with van der Waals surface area (Å²) in [5, 5.41) is 5.92. The van der Waals surface area contributed by atoms with Gasteiger partial charge < -0.3 is 15.6 Å². The molecule has 0 spiro atoms. The highest BCUT2D eigenvalue weighted by atomic mass is 16.1. The van der Waals surface area contributed by atoms with Crippen LogP contribution in [0.15, 0.2) is 36.8 Å². The molecule has 1 heterocycles. The van der Waals surface area contributed by atoms with Gasteiger partial charge in [-0.2, -0.15) is 0 Å². The van der Waals surface area contributed by atoms with E-state index in [1.54, 1.807) is 12.5 Å². The number of H-pyrrole nitrogens is 1. The third-order valence-electron chi connectivity index (χ3n) is 2.65. The lowest BCUT2D eigenvalue weighted by Gasteiger charge is -2.09. The molecule has 0 bridgehead atoms. The Labute approximate surface area is 112 Å². The molecular weight excluding hydrogens is 240 g/mol. The molecule has 1 aromatic carbocycles. The number of carbonyl (C=O) groups excluding carboxylic acids is 1. The molecule has 2 rings (SSSR count). The number of carbonyl (C=O) groups is 1. The number of aromatic nitrogens is 2. The van der Waals surface area contributed by atoms with Crippen molar-refractivity contribution in [2.24, 2.45) is 0 Å². The highest BCUT2D eigenvalue weighted by molar-refractivity contribution is 5.92. The number of amides is 1. The molecule has 0 radical (unpaired) electrons. The number of rotatable bonds is 5. The first-order valence-electron chi connectivity index (χ1n) is 6.27. The number of anilines is 1. The van der Waals surface area contributed by atoms with Crippen molar-refractivity contribution in [3.8, 4) is 11.3 Å². The highest BCUT2D eigenvalue weighted by Crippen LogP contribution is 2.18. The molecule has 0 aliphatic heterocycles. The van der Waals surface area contributed by atoms with Gasteiger partial charge in [0.2, 0.25) is 5.91 Å². The van der Waals surface area contributed by atoms with Crippen molar-refractivity contribution in [1.82, 2.24) is 15.3 Å². The highest BCUT2D eigenvalue weighted by Gasteiger charge is 2.04. The predicted molar refractivity (Wildman–Crippen MR) is 75.8 cm³/mol. The zero-order chi connectivity index (χ0) is 13.7. The second-order valence-electron chi connectivity index (χ2n) is 4.63. The van der Waals surface area contributed by atoms with Crippen LogP contribution in [-0.4, -0.2) is 28.5 Å². The lowest BCUT2D eigenvalue weighted by molar-refractivity contribution is -0.115. The fraction of sp³-hybridized carbons (Fsp3) is 0.286. The Morgan fingerprint density at radius 1 is 1.32 bits per heavy atom. The number of hydrogen-bond donors (Lipinski definition) is 3. The lowest BCUT2D eigenvalue weighted by Crippen LogP contribution is -2.32. The van der Waals surface area contributed by atoms with Crippen LogP contribution >= 0.6 is 0 Å². The number of nitrogens with zero attached hydrogens (tertiary/aromatic N) is 1. The van der Waals surface area contributed by atoms with Gasteiger partial charge in [-0.05, 0) is 17.7 Å². The van der Waals surface area contributed by atoms with Crippen LogP contribution in [0.3, 0.4) is 0 Å². The minimum Gasteiger partial charge on any atom is -0.345 e. The summed E-state index contributed by atoms with van der Waals surface area (Å²) in [5.41, 5.74) is 2.79. The molecule has 0 aliphatic carbocycles. The van der Waals surface area contributed by atoms with Gasteiger partial charge in [-0.15, -0.1) is 0 Å². The molecule has 0 fully saturated rings. The van der Waals surface area contributed by atoms with Gasteiger partial charge in [0.25, 0.3) is 0 Å². The lowest BCUT2D eigenvalue weighted by atomic mass is 10.1. The second-order valence-corrected chi connectivity index (χ2v) is 4.63. The van der Waals surface area contributed by atoms with Crippen molar-refractivity contribution in [3.63, 3.8) is 0 Å². The molecule has 5 nitrogen and oxygen atoms in total. The zero-order valence-electron chi connectivity index (χ0n) is 11.1. The fourth-order valence-electron chi connectivity index (χ4n) is 1.65. The van der Waals surface area contributed by atoms with Crippen LogP contribution in [0, 0.1) is 0 Å². The third-order valence-corrected chi connectivity index (χ3v) is 2.65. The molecule has 1 aromatic heterocycles. The normalized spacial score (nSPS) is 10.7. The van der Waals surface area contributed by atoms with E-state index in [2.05, 4.69) is 20.6 Å². The summed E-state index contributed by atoms with van der Waals surface area (Å²) in [6.07, 6.45) is 3.41. The maximum absolute atomic E-state index is 11.6. The van der Waals surface area contributed by atoms with Crippen LogP contribution in [0.2, 0.25) is 0 Å². The number of hydrogen-bond acceptors (Lipinski definition) is 3. The van der Waals surface area contributed by atoms with Gasteiger partial charge in [0.05, 0.1) is 24.8 Å². The Bertz CT molecular complexity index is 517. The quantitative estimate of drug-likeness (QED) is 0.768. The number of imidazole rings is 1. The Morgan fingerprint density at radius 3 is 2.63 bits per heavy atom. The van der Waals surface area contributed by atoms with E-state index in [4.69, 9.17) is 0 Å². The number of aromatic amines is 1. The molecule has 0 atom stereocenters. The molecule has 100 valence electrons. The molecule has 0 saturated carbocycles. The topological polar surface area (TPSA) is 69.8 Å². The average molecular weight is 258 g/mol. The van der Waals surface area contributed by atoms with Crippen molar-refractivity contribution < 1.29 is 4.79 Å². The molecule has 19 heavy (non-hydrogen) atoms. The van der Waals surface area contributed by atoms with E-state index in [9.17, 15) is 4.79 Å². The van der Waals surface area contributed by atoms with Crippen molar-refractivity contribution >= 4 is 11.6 Å². The first kappa shape index (κ1) is 13.3. The Morgan fingerprint density at radius 2 is 2.05 bits per heavy atom. The van der Waals surface area contributed by atoms with E-state index < -0.39 is 0 Å². The molecule has 5 heteroatoms. The van der Waals surface area contributed by atoms with Crippen molar-refractivity contribution in [1.29, 1.82) is 0 Å². The van der Waals surface area contributed by atoms with Gasteiger partial charge in [-0.1, -0.05) is 26.0 Å². The summed E-state index contributed by atoms with van der Waals surface area (Å²) < 4.78 is 0. The van der Waals surface area contributed by atoms with Crippen LogP contribution < -0.4 is 10.6 Å². The standard InChI is InChI=1S/C14H18N4O/c1-10(2)16-8-14(19)18-12-5-3-11(4-6-12)13-7-15-9-17-13/h3-7,9-10,16H,8H2,1-2H3,(H,15,17)(H,18,19). The third kappa shape index (κ3) is 3.93. The zero-order valence-corrected chi connectivity index (χ0v) is 11.1. The molecular formula is C14H18N4O. The SMILES string of the molecule is CC(C)NCC(=O)Nc1ccc(-c2cnc[nH]2)cc1. The summed E-state index contributed by atoms with van der Waals surface area (Å²) in [6, 6.07) is 7.94. The van der Waals surface area contributed by atoms with Crippen LogP contribution in [-0.2, 0) is 4.79 Å². The van der Waals surface area contributed by atoms with E-state index in [0.29, 0.717) is 12.6 Å². The first-order chi connectivity index (χ1) is 9.15. The van der Waals surface area contributed by atoms with E-state index in [0.717, 1.165) is 16.9 Å². The summed E-state index contributed by atoms with van der Waals surface area (Å²) in [6.45, 7) is 4.33. The molecule has 0 unspecified atom stereocenters. The van der Waals surface area contributed by atoms with Crippen molar-refractivity contribution in [2.75, 3.05) is 11.9 Å². The van der Waals surface area contributed by atoms with Crippen LogP contribution in [0.1, 0.15) is 13.8 Å². The summed E-state index contributed by atoms with van der Waals surface area (Å²) >= 11 is 0. The molecule has 3 N–H and O–H groups in total. The van der Waals surface area contributed by atoms with Gasteiger partial charge in [0.1, 0.15) is 0 Å². The first-order valence-corrected chi connectivity index (χ1v) is 6.27. The molecule has 1 amide bonds. The van der Waals surface area contributed by atoms with Crippen LogP contribution in [0.25, 0.3) is 11.3 Å². The largest absolute Gasteiger partial charge is 0.345 e. The van der Waals surface area contributed by atoms with Gasteiger partial charge in [0, 0.05) is 11.7 Å². The van der Waals surface area contributed by atoms with Gasteiger partial charge in [0.15, 0.2) is 0 Å². The Hall–Kier alpha value is -2.14. The van der Waals surface area contributed by atoms with Crippen LogP contribution in [0.4, 0.5) is 5.69 Å². The smallest absolute Gasteiger partial charge is 0.238 e. The molecule has 0 saturated heterocycles. The van der Waals surface area contributed by atoms with Gasteiger partial charge in [-0.25, -0.2) is 4.98 Å². The average Bonchev–Trinajstić information content (AvgIpc) is 2.91. The molecule has 0 aliphatic rings. The maximum Gasteiger partial charge on any atom is 0.238 e. The summed E-state index contributed by atoms with van der Waals surface area (Å²) in [5.74, 6) is -0.0389. The van der Waals surface area contributed by atoms with Gasteiger partial charge >= 0.3 is 0 Å². The van der Waals surface area contributed by atoms with Gasteiger partial charge in [-0.3, -0.25) is 4.79 Å². The number of benzene rings is 1. The Kier molecular flexibility index (Phi) is 4.30. The molecule has 2 aromatic rings. The fourth-order valence-corrected chi connectivity index (χ4v) is 1.65. The number of nitrogens with one attached hydrogen (secondary N) is 3. The van der Waals surface area contributed by atoms with Crippen LogP contribution in [0.5, 0.6) is 0 Å². The van der Waals surface area contributed by atoms with E-state index in [-0.39, 0.29) is 5.91 Å². The van der Waals surface area contributed by atoms with E-state index in [1.807, 2.05) is 38.1 Å². The summed E-state index contributed by atoms with van der Waals surface area (Å²) in [4.78, 5) is 18.7. The Balaban J connectivity index is 1.94. The van der Waals surface area contributed by atoms with E-state index >= 15 is 0 Å².